The Morgan fingerprint density at radius 2 is 1.02 bits per heavy atom. The van der Waals surface area contributed by atoms with Gasteiger partial charge in [0, 0.05) is 55.6 Å². The summed E-state index contributed by atoms with van der Waals surface area (Å²) >= 11 is 8.97. The van der Waals surface area contributed by atoms with Crippen molar-refractivity contribution in [2.24, 2.45) is 0 Å². The number of thioether (sulfide) groups is 2. The normalized spacial score (nSPS) is 14.5. The van der Waals surface area contributed by atoms with E-state index in [9.17, 15) is 10.5 Å². The molecule has 7 rings (SSSR count). The fourth-order valence-corrected chi connectivity index (χ4v) is 12.1. The van der Waals surface area contributed by atoms with Gasteiger partial charge in [-0.2, -0.15) is 10.5 Å². The van der Waals surface area contributed by atoms with Crippen molar-refractivity contribution < 1.29 is 0 Å². The highest BCUT2D eigenvalue weighted by molar-refractivity contribution is 8.00. The van der Waals surface area contributed by atoms with Crippen molar-refractivity contribution in [2.45, 2.75) is 115 Å². The Balaban J connectivity index is 0.991. The van der Waals surface area contributed by atoms with E-state index in [0.29, 0.717) is 16.4 Å². The maximum Gasteiger partial charge on any atom is 0.101 e. The first-order valence-corrected chi connectivity index (χ1v) is 23.9. The molecular weight excluding hydrogens is 789 g/mol. The van der Waals surface area contributed by atoms with Crippen LogP contribution in [0.4, 0.5) is 0 Å². The van der Waals surface area contributed by atoms with E-state index in [2.05, 4.69) is 174 Å². The minimum Gasteiger partial charge on any atom is -0.192 e. The Bertz CT molecular complexity index is 2390. The average Bonchev–Trinajstić information content (AvgIpc) is 3.91. The number of rotatable bonds is 16. The summed E-state index contributed by atoms with van der Waals surface area (Å²) in [5.41, 5.74) is 7.65. The van der Waals surface area contributed by atoms with Crippen LogP contribution in [0.25, 0.3) is 11.1 Å². The van der Waals surface area contributed by atoms with Crippen molar-refractivity contribution in [2.75, 3.05) is 0 Å². The van der Waals surface area contributed by atoms with Crippen LogP contribution >= 0.6 is 58.8 Å². The van der Waals surface area contributed by atoms with Crippen LogP contribution in [0.1, 0.15) is 93.5 Å². The lowest BCUT2D eigenvalue weighted by molar-refractivity contribution is 0.609. The summed E-state index contributed by atoms with van der Waals surface area (Å²) < 4.78 is 0. The number of hydrogen-bond donors (Lipinski definition) is 0. The van der Waals surface area contributed by atoms with Gasteiger partial charge in [0.05, 0.1) is 11.1 Å². The largest absolute Gasteiger partial charge is 0.192 e. The molecule has 0 amide bonds. The highest BCUT2D eigenvalue weighted by atomic mass is 32.2. The van der Waals surface area contributed by atoms with Crippen LogP contribution in [0.3, 0.4) is 0 Å². The Morgan fingerprint density at radius 1 is 0.526 bits per heavy atom. The monoisotopic (exact) mass is 834 g/mol. The smallest absolute Gasteiger partial charge is 0.101 e. The lowest BCUT2D eigenvalue weighted by atomic mass is 9.88. The van der Waals surface area contributed by atoms with E-state index in [1.165, 1.54) is 48.3 Å². The highest BCUT2D eigenvalue weighted by Crippen LogP contribution is 2.49. The fourth-order valence-electron chi connectivity index (χ4n) is 7.21. The molecular formula is C50H46N2S5. The summed E-state index contributed by atoms with van der Waals surface area (Å²) in [4.78, 5) is 9.31. The summed E-state index contributed by atoms with van der Waals surface area (Å²) in [5.74, 6) is 0.659. The van der Waals surface area contributed by atoms with Gasteiger partial charge in [0.25, 0.3) is 0 Å². The third-order valence-electron chi connectivity index (χ3n) is 10.6. The van der Waals surface area contributed by atoms with E-state index in [1.54, 1.807) is 35.3 Å². The number of fused-ring (bicyclic) bond motifs is 1. The molecule has 2 nitrogen and oxygen atoms in total. The molecule has 0 aromatic heterocycles. The van der Waals surface area contributed by atoms with Crippen molar-refractivity contribution in [3.63, 3.8) is 0 Å². The Hall–Kier alpha value is -3.95. The third-order valence-corrected chi connectivity index (χ3v) is 16.6. The summed E-state index contributed by atoms with van der Waals surface area (Å²) in [6.07, 6.45) is 3.13. The average molecular weight is 835 g/mol. The van der Waals surface area contributed by atoms with Crippen molar-refractivity contribution in [1.82, 2.24) is 0 Å². The van der Waals surface area contributed by atoms with Crippen LogP contribution in [0.2, 0.25) is 0 Å². The molecule has 0 bridgehead atoms. The molecule has 4 atom stereocenters. The topological polar surface area (TPSA) is 47.6 Å². The zero-order valence-electron chi connectivity index (χ0n) is 33.0. The van der Waals surface area contributed by atoms with Gasteiger partial charge in [-0.3, -0.25) is 0 Å². The quantitative estimate of drug-likeness (QED) is 0.0900. The number of nitrogens with zero attached hydrogens (tertiary/aromatic N) is 2. The predicted octanol–water partition coefficient (Wildman–Crippen LogP) is 16.0. The Labute approximate surface area is 360 Å². The van der Waals surface area contributed by atoms with Gasteiger partial charge in [-0.25, -0.2) is 0 Å². The van der Waals surface area contributed by atoms with E-state index in [1.807, 2.05) is 23.5 Å². The van der Waals surface area contributed by atoms with Crippen molar-refractivity contribution in [3.8, 4) is 23.3 Å². The second kappa shape index (κ2) is 19.2. The molecule has 0 N–H and O–H groups in total. The highest BCUT2D eigenvalue weighted by Gasteiger charge is 2.33. The van der Waals surface area contributed by atoms with Crippen LogP contribution in [0, 0.1) is 22.7 Å². The molecule has 6 aromatic rings. The van der Waals surface area contributed by atoms with Crippen molar-refractivity contribution >= 4 is 58.8 Å². The molecule has 4 unspecified atom stereocenters. The van der Waals surface area contributed by atoms with Crippen LogP contribution < -0.4 is 0 Å². The van der Waals surface area contributed by atoms with Crippen molar-refractivity contribution in [3.05, 3.63) is 155 Å². The van der Waals surface area contributed by atoms with Gasteiger partial charge in [0.15, 0.2) is 0 Å². The lowest BCUT2D eigenvalue weighted by Crippen LogP contribution is -2.15. The van der Waals surface area contributed by atoms with Gasteiger partial charge < -0.3 is 0 Å². The van der Waals surface area contributed by atoms with E-state index >= 15 is 0 Å². The molecule has 57 heavy (non-hydrogen) atoms. The summed E-state index contributed by atoms with van der Waals surface area (Å²) in [7, 11) is 0. The molecule has 0 saturated carbocycles. The van der Waals surface area contributed by atoms with E-state index in [0.717, 1.165) is 49.1 Å². The lowest BCUT2D eigenvalue weighted by Gasteiger charge is -2.27. The third kappa shape index (κ3) is 9.85. The molecule has 1 aliphatic carbocycles. The zero-order chi connectivity index (χ0) is 39.9. The standard InChI is InChI=1S/C50H46N2S5/c1-6-32(4)53-36-20-22-37(23-21-36)54-38-24-26-41(27-25-38)56-48-11-9-10-44(45(48)30-51)42(7-2)47(8-3)55-39-16-12-34(13-17-39)35-14-18-40(19-15-35)57-49-29-28-43-33(5)50(43)46(49)31-52/h9-29,32-33,42,47H,6-8H2,1-5H3. The number of hydrogen-bond acceptors (Lipinski definition) is 7. The Morgan fingerprint density at radius 3 is 1.54 bits per heavy atom. The predicted molar refractivity (Wildman–Crippen MR) is 246 cm³/mol. The van der Waals surface area contributed by atoms with E-state index < -0.39 is 0 Å². The minimum absolute atomic E-state index is 0.246. The Kier molecular flexibility index (Phi) is 13.9. The maximum atomic E-state index is 10.5. The minimum atomic E-state index is 0.246. The number of benzene rings is 6. The van der Waals surface area contributed by atoms with Crippen LogP contribution in [0.5, 0.6) is 0 Å². The first-order valence-electron chi connectivity index (χ1n) is 19.7. The molecule has 0 spiro atoms. The molecule has 1 aliphatic rings. The SMILES string of the molecule is CCC(C)Sc1ccc(Sc2ccc(Sc3cccc(C(CC)C(CC)Sc4ccc(-c5ccc(Sc6ccc7c(c6C#N)C7C)cc5)cc4)c3C#N)cc2)cc1. The van der Waals surface area contributed by atoms with Crippen molar-refractivity contribution in [1.29, 1.82) is 10.5 Å². The summed E-state index contributed by atoms with van der Waals surface area (Å²) in [5, 5.41) is 21.3. The van der Waals surface area contributed by atoms with Crippen LogP contribution in [-0.4, -0.2) is 10.5 Å². The molecule has 0 fully saturated rings. The second-order valence-corrected chi connectivity index (χ2v) is 20.5. The fraction of sp³-hybridized carbons (Fsp3) is 0.240. The first-order chi connectivity index (χ1) is 27.8. The van der Waals surface area contributed by atoms with Gasteiger partial charge in [-0.15, -0.1) is 23.5 Å². The van der Waals surface area contributed by atoms with E-state index in [-0.39, 0.29) is 5.92 Å². The second-order valence-electron chi connectivity index (χ2n) is 14.3. The summed E-state index contributed by atoms with van der Waals surface area (Å²) in [6, 6.07) is 50.8. The first kappa shape index (κ1) is 41.2. The van der Waals surface area contributed by atoms with Crippen LogP contribution in [-0.2, 0) is 0 Å². The molecule has 0 radical (unpaired) electrons. The van der Waals surface area contributed by atoms with Gasteiger partial charge in [-0.05, 0) is 138 Å². The van der Waals surface area contributed by atoms with E-state index in [4.69, 9.17) is 0 Å². The zero-order valence-corrected chi connectivity index (χ0v) is 37.1. The maximum absolute atomic E-state index is 10.5. The molecule has 6 aromatic carbocycles. The van der Waals surface area contributed by atoms with Gasteiger partial charge in [0.2, 0.25) is 0 Å². The number of nitriles is 2. The molecule has 0 aliphatic heterocycles. The van der Waals surface area contributed by atoms with Gasteiger partial charge >= 0.3 is 0 Å². The summed E-state index contributed by atoms with van der Waals surface area (Å²) in [6.45, 7) is 11.2. The molecule has 286 valence electrons. The molecule has 0 saturated heterocycles. The van der Waals surface area contributed by atoms with Crippen LogP contribution in [0.15, 0.2) is 167 Å². The van der Waals surface area contributed by atoms with Gasteiger partial charge in [0.1, 0.15) is 12.1 Å². The van der Waals surface area contributed by atoms with Gasteiger partial charge in [-0.1, -0.05) is 112 Å². The molecule has 7 heteroatoms. The molecule has 0 heterocycles.